The Morgan fingerprint density at radius 3 is 1.37 bits per heavy atom. The van der Waals surface area contributed by atoms with Gasteiger partial charge in [0.05, 0.1) is 0 Å². The molecule has 1 aliphatic carbocycles. The van der Waals surface area contributed by atoms with Gasteiger partial charge in [-0.2, -0.15) is 0 Å². The number of alkyl carbamates (subject to hydrolysis) is 1. The van der Waals surface area contributed by atoms with Crippen molar-refractivity contribution >= 4 is 13.2 Å². The Morgan fingerprint density at radius 1 is 0.633 bits per heavy atom. The highest BCUT2D eigenvalue weighted by Gasteiger charge is 2.65. The van der Waals surface area contributed by atoms with Gasteiger partial charge in [-0.15, -0.1) is 0 Å². The summed E-state index contributed by atoms with van der Waals surface area (Å²) in [7, 11) is 2.77. The molecule has 1 N–H and O–H groups in total. The van der Waals surface area contributed by atoms with E-state index in [2.05, 4.69) is 53.8 Å². The highest BCUT2D eigenvalue weighted by atomic mass is 16.7. The molecule has 5 aromatic rings. The van der Waals surface area contributed by atoms with Gasteiger partial charge < -0.3 is 28.8 Å². The third-order valence-electron chi connectivity index (χ3n) is 9.80. The summed E-state index contributed by atoms with van der Waals surface area (Å²) in [6.07, 6.45) is -1.18. The van der Waals surface area contributed by atoms with Gasteiger partial charge in [0, 0.05) is 26.1 Å². The lowest BCUT2D eigenvalue weighted by molar-refractivity contribution is -0.136. The molecular formula is C41H40BNO6. The Hall–Kier alpha value is -4.73. The molecule has 1 aliphatic heterocycles. The maximum Gasteiger partial charge on any atom is 0.463 e. The standard InChI is InChI=1S/C41H40BNO6/c1-45-40(31-20-10-4-11-21-31,32-22-12-5-13-23-32)37-38(41(46-2,33-24-14-6-15-25-33)34-26-16-7-17-27-34)49-42(48-37)35-28-36(35)43-39(44)47-29-30-18-8-3-9-19-30/h3-27,35-38H,28-29H2,1-2H3,(H,43,44)/t35-,36-,37+,38+/m0/s1. The van der Waals surface area contributed by atoms with Crippen molar-refractivity contribution in [2.24, 2.45) is 0 Å². The average Bonchev–Trinajstić information content (AvgIpc) is 3.80. The topological polar surface area (TPSA) is 75.3 Å². The van der Waals surface area contributed by atoms with Crippen LogP contribution in [0.25, 0.3) is 0 Å². The van der Waals surface area contributed by atoms with Crippen molar-refractivity contribution in [3.8, 4) is 0 Å². The first-order valence-electron chi connectivity index (χ1n) is 16.7. The second kappa shape index (κ2) is 14.4. The van der Waals surface area contributed by atoms with Gasteiger partial charge in [0.1, 0.15) is 30.0 Å². The number of nitrogens with one attached hydrogen (secondary N) is 1. The van der Waals surface area contributed by atoms with Crippen molar-refractivity contribution in [1.29, 1.82) is 0 Å². The second-order valence-electron chi connectivity index (χ2n) is 12.5. The van der Waals surface area contributed by atoms with E-state index in [9.17, 15) is 4.79 Å². The lowest BCUT2D eigenvalue weighted by atomic mass is 9.71. The summed E-state index contributed by atoms with van der Waals surface area (Å²) >= 11 is 0. The van der Waals surface area contributed by atoms with E-state index in [4.69, 9.17) is 23.5 Å². The molecule has 4 atom stereocenters. The Balaban J connectivity index is 1.29. The predicted octanol–water partition coefficient (Wildman–Crippen LogP) is 7.51. The molecule has 8 heteroatoms. The Morgan fingerprint density at radius 2 is 1.00 bits per heavy atom. The number of carbonyl (C=O) groups excluding carboxylic acids is 1. The van der Waals surface area contributed by atoms with Crippen LogP contribution >= 0.6 is 0 Å². The first-order valence-corrected chi connectivity index (χ1v) is 16.7. The van der Waals surface area contributed by atoms with Crippen LogP contribution in [0.5, 0.6) is 0 Å². The zero-order valence-corrected chi connectivity index (χ0v) is 27.7. The molecule has 0 radical (unpaired) electrons. The minimum Gasteiger partial charge on any atom is -0.445 e. The average molecular weight is 654 g/mol. The van der Waals surface area contributed by atoms with E-state index in [-0.39, 0.29) is 18.5 Å². The van der Waals surface area contributed by atoms with Gasteiger partial charge in [-0.05, 0) is 34.2 Å². The summed E-state index contributed by atoms with van der Waals surface area (Å²) < 4.78 is 33.2. The fourth-order valence-electron chi connectivity index (χ4n) is 7.32. The van der Waals surface area contributed by atoms with Gasteiger partial charge >= 0.3 is 13.2 Å². The van der Waals surface area contributed by atoms with Crippen molar-refractivity contribution in [2.75, 3.05) is 14.2 Å². The summed E-state index contributed by atoms with van der Waals surface area (Å²) in [4.78, 5) is 12.9. The smallest absolute Gasteiger partial charge is 0.445 e. The molecule has 7 rings (SSSR count). The van der Waals surface area contributed by atoms with Gasteiger partial charge in [-0.1, -0.05) is 152 Å². The van der Waals surface area contributed by atoms with Crippen LogP contribution in [-0.2, 0) is 41.3 Å². The van der Waals surface area contributed by atoms with E-state index >= 15 is 0 Å². The van der Waals surface area contributed by atoms with Gasteiger partial charge in [-0.25, -0.2) is 4.79 Å². The van der Waals surface area contributed by atoms with E-state index < -0.39 is 36.6 Å². The number of carbonyl (C=O) groups is 1. The van der Waals surface area contributed by atoms with Crippen LogP contribution in [-0.4, -0.2) is 45.7 Å². The lowest BCUT2D eigenvalue weighted by Crippen LogP contribution is -2.56. The third kappa shape index (κ3) is 6.29. The molecule has 0 bridgehead atoms. The van der Waals surface area contributed by atoms with Crippen LogP contribution in [0.4, 0.5) is 4.79 Å². The summed E-state index contributed by atoms with van der Waals surface area (Å²) in [5, 5.41) is 3.03. The summed E-state index contributed by atoms with van der Waals surface area (Å²) in [5.74, 6) is -0.112. The predicted molar refractivity (Wildman–Crippen MR) is 189 cm³/mol. The Labute approximate surface area is 288 Å². The molecular weight excluding hydrogens is 613 g/mol. The zero-order chi connectivity index (χ0) is 33.7. The molecule has 1 heterocycles. The molecule has 49 heavy (non-hydrogen) atoms. The number of hydrogen-bond donors (Lipinski definition) is 1. The van der Waals surface area contributed by atoms with Crippen molar-refractivity contribution in [3.05, 3.63) is 179 Å². The number of rotatable bonds is 12. The molecule has 0 unspecified atom stereocenters. The van der Waals surface area contributed by atoms with Crippen LogP contribution in [0, 0.1) is 0 Å². The molecule has 0 aromatic heterocycles. The van der Waals surface area contributed by atoms with E-state index in [0.717, 1.165) is 27.8 Å². The molecule has 2 fully saturated rings. The van der Waals surface area contributed by atoms with Crippen molar-refractivity contribution < 1.29 is 28.3 Å². The fourth-order valence-corrected chi connectivity index (χ4v) is 7.32. The van der Waals surface area contributed by atoms with Crippen molar-refractivity contribution in [1.82, 2.24) is 5.32 Å². The summed E-state index contributed by atoms with van der Waals surface area (Å²) in [6.45, 7) is 0.194. The minimum atomic E-state index is -1.10. The van der Waals surface area contributed by atoms with Crippen LogP contribution in [0.1, 0.15) is 34.2 Å². The Kier molecular flexibility index (Phi) is 9.64. The van der Waals surface area contributed by atoms with E-state index in [1.54, 1.807) is 14.2 Å². The van der Waals surface area contributed by atoms with Gasteiger partial charge in [0.2, 0.25) is 0 Å². The molecule has 2 aliphatic rings. The first-order chi connectivity index (χ1) is 24.1. The number of methoxy groups -OCH3 is 2. The number of benzene rings is 5. The van der Waals surface area contributed by atoms with Crippen LogP contribution < -0.4 is 5.32 Å². The summed E-state index contributed by atoms with van der Waals surface area (Å²) in [5.41, 5.74) is 2.42. The molecule has 7 nitrogen and oxygen atoms in total. The molecule has 1 amide bonds. The van der Waals surface area contributed by atoms with Gasteiger partial charge in [0.25, 0.3) is 0 Å². The quantitative estimate of drug-likeness (QED) is 0.141. The lowest BCUT2D eigenvalue weighted by Gasteiger charge is -2.47. The first kappa shape index (κ1) is 32.8. The van der Waals surface area contributed by atoms with Crippen LogP contribution in [0.2, 0.25) is 5.82 Å². The monoisotopic (exact) mass is 653 g/mol. The number of hydrogen-bond acceptors (Lipinski definition) is 6. The fraction of sp³-hybridized carbons (Fsp3) is 0.244. The van der Waals surface area contributed by atoms with E-state index in [1.165, 1.54) is 0 Å². The minimum absolute atomic E-state index is 0.112. The molecule has 1 saturated heterocycles. The van der Waals surface area contributed by atoms with E-state index in [1.807, 2.05) is 103 Å². The third-order valence-corrected chi connectivity index (χ3v) is 9.80. The van der Waals surface area contributed by atoms with Crippen molar-refractivity contribution in [3.63, 3.8) is 0 Å². The summed E-state index contributed by atoms with van der Waals surface area (Å²) in [6, 6.07) is 50.0. The maximum atomic E-state index is 12.9. The molecule has 0 spiro atoms. The molecule has 1 saturated carbocycles. The van der Waals surface area contributed by atoms with Crippen LogP contribution in [0.3, 0.4) is 0 Å². The highest BCUT2D eigenvalue weighted by molar-refractivity contribution is 6.49. The largest absolute Gasteiger partial charge is 0.463 e. The van der Waals surface area contributed by atoms with E-state index in [0.29, 0.717) is 6.42 Å². The second-order valence-corrected chi connectivity index (χ2v) is 12.5. The molecule has 248 valence electrons. The zero-order valence-electron chi connectivity index (χ0n) is 27.7. The number of ether oxygens (including phenoxy) is 3. The normalized spacial score (nSPS) is 20.5. The highest BCUT2D eigenvalue weighted by Crippen LogP contribution is 2.54. The SMILES string of the molecule is COC(c1ccccc1)(c1ccccc1)[C@@H]1OB([C@H]2C[C@@H]2NC(=O)OCc2ccccc2)O[C@H]1C(OC)(c1ccccc1)c1ccccc1. The van der Waals surface area contributed by atoms with Gasteiger partial charge in [-0.3, -0.25) is 0 Å². The molecule has 5 aromatic carbocycles. The maximum absolute atomic E-state index is 12.9. The van der Waals surface area contributed by atoms with Gasteiger partial charge in [0.15, 0.2) is 0 Å². The van der Waals surface area contributed by atoms with Crippen molar-refractivity contribution in [2.45, 2.75) is 48.3 Å². The number of amides is 1. The van der Waals surface area contributed by atoms with Crippen LogP contribution in [0.15, 0.2) is 152 Å². The Bertz CT molecular complexity index is 1620.